The molecule has 20 heavy (non-hydrogen) atoms. The van der Waals surface area contributed by atoms with E-state index in [9.17, 15) is 9.59 Å². The third-order valence-electron chi connectivity index (χ3n) is 3.27. The van der Waals surface area contributed by atoms with Crippen LogP contribution in [-0.2, 0) is 23.8 Å². The summed E-state index contributed by atoms with van der Waals surface area (Å²) in [5.41, 5.74) is 0. The van der Waals surface area contributed by atoms with Crippen molar-refractivity contribution in [2.75, 3.05) is 53.7 Å². The van der Waals surface area contributed by atoms with Crippen LogP contribution in [0.5, 0.6) is 0 Å². The fourth-order valence-electron chi connectivity index (χ4n) is 2.15. The maximum Gasteiger partial charge on any atom is 0.325 e. The van der Waals surface area contributed by atoms with Crippen molar-refractivity contribution in [3.63, 3.8) is 0 Å². The average molecular weight is 288 g/mol. The van der Waals surface area contributed by atoms with E-state index in [2.05, 4.69) is 5.32 Å². The number of hydrogen-bond acceptors (Lipinski definition) is 6. The van der Waals surface area contributed by atoms with Gasteiger partial charge in [0.2, 0.25) is 5.91 Å². The molecule has 0 aromatic carbocycles. The molecule has 0 radical (unpaired) electrons. The van der Waals surface area contributed by atoms with Crippen LogP contribution in [0.25, 0.3) is 0 Å². The van der Waals surface area contributed by atoms with Crippen LogP contribution in [0.1, 0.15) is 6.92 Å². The monoisotopic (exact) mass is 288 g/mol. The zero-order valence-corrected chi connectivity index (χ0v) is 12.4. The van der Waals surface area contributed by atoms with Gasteiger partial charge in [0, 0.05) is 19.7 Å². The van der Waals surface area contributed by atoms with Gasteiger partial charge in [-0.1, -0.05) is 0 Å². The van der Waals surface area contributed by atoms with Gasteiger partial charge in [0.1, 0.15) is 6.54 Å². The molecule has 1 rings (SSSR count). The van der Waals surface area contributed by atoms with Gasteiger partial charge in [-0.3, -0.25) is 9.59 Å². The summed E-state index contributed by atoms with van der Waals surface area (Å²) >= 11 is 0. The Kier molecular flexibility index (Phi) is 7.50. The van der Waals surface area contributed by atoms with Crippen molar-refractivity contribution >= 4 is 11.9 Å². The van der Waals surface area contributed by atoms with E-state index in [4.69, 9.17) is 14.2 Å². The predicted molar refractivity (Wildman–Crippen MR) is 72.2 cm³/mol. The van der Waals surface area contributed by atoms with Crippen LogP contribution in [0, 0.1) is 5.92 Å². The maximum atomic E-state index is 12.5. The highest BCUT2D eigenvalue weighted by Crippen LogP contribution is 2.16. The number of rotatable bonds is 8. The minimum absolute atomic E-state index is 0.0188. The molecule has 1 aliphatic heterocycles. The molecule has 0 bridgehead atoms. The van der Waals surface area contributed by atoms with Crippen LogP contribution < -0.4 is 5.32 Å². The highest BCUT2D eigenvalue weighted by Gasteiger charge is 2.36. The number of carbonyl (C=O) groups excluding carboxylic acids is 2. The molecule has 0 saturated carbocycles. The van der Waals surface area contributed by atoms with Crippen molar-refractivity contribution in [2.45, 2.75) is 13.0 Å². The van der Waals surface area contributed by atoms with Gasteiger partial charge in [-0.2, -0.15) is 0 Å². The molecule has 1 aliphatic rings. The molecule has 7 heteroatoms. The Labute approximate surface area is 119 Å². The first-order valence-corrected chi connectivity index (χ1v) is 6.82. The van der Waals surface area contributed by atoms with Crippen molar-refractivity contribution in [3.8, 4) is 0 Å². The van der Waals surface area contributed by atoms with Crippen LogP contribution in [0.3, 0.4) is 0 Å². The standard InChI is InChI=1S/C13H24N2O5/c1-4-20-12(16)7-15(5-6-18-3)13(17)10-8-19-9-11(10)14-2/h10-11,14H,4-9H2,1-3H3. The zero-order valence-electron chi connectivity index (χ0n) is 12.4. The second-order valence-corrected chi connectivity index (χ2v) is 4.60. The van der Waals surface area contributed by atoms with Crippen LogP contribution in [0.4, 0.5) is 0 Å². The molecular formula is C13H24N2O5. The van der Waals surface area contributed by atoms with E-state index in [1.54, 1.807) is 21.1 Å². The molecule has 2 unspecified atom stereocenters. The Balaban J connectivity index is 2.65. The van der Waals surface area contributed by atoms with Crippen molar-refractivity contribution in [2.24, 2.45) is 5.92 Å². The van der Waals surface area contributed by atoms with E-state index in [1.165, 1.54) is 4.90 Å². The number of hydrogen-bond donors (Lipinski definition) is 1. The number of carbonyl (C=O) groups is 2. The first kappa shape index (κ1) is 16.9. The highest BCUT2D eigenvalue weighted by atomic mass is 16.5. The molecule has 0 aromatic rings. The number of amides is 1. The molecule has 0 spiro atoms. The summed E-state index contributed by atoms with van der Waals surface area (Å²) < 4.78 is 15.2. The fourth-order valence-corrected chi connectivity index (χ4v) is 2.15. The quantitative estimate of drug-likeness (QED) is 0.593. The summed E-state index contributed by atoms with van der Waals surface area (Å²) in [7, 11) is 3.35. The molecule has 1 heterocycles. The summed E-state index contributed by atoms with van der Waals surface area (Å²) in [5, 5.41) is 3.06. The van der Waals surface area contributed by atoms with Gasteiger partial charge in [-0.05, 0) is 14.0 Å². The second-order valence-electron chi connectivity index (χ2n) is 4.60. The van der Waals surface area contributed by atoms with Crippen molar-refractivity contribution < 1.29 is 23.8 Å². The van der Waals surface area contributed by atoms with Crippen LogP contribution in [0.15, 0.2) is 0 Å². The molecule has 1 saturated heterocycles. The van der Waals surface area contributed by atoms with Gasteiger partial charge in [-0.15, -0.1) is 0 Å². The Morgan fingerprint density at radius 2 is 2.15 bits per heavy atom. The van der Waals surface area contributed by atoms with Crippen molar-refractivity contribution in [1.82, 2.24) is 10.2 Å². The Bertz CT molecular complexity index is 324. The smallest absolute Gasteiger partial charge is 0.325 e. The van der Waals surface area contributed by atoms with E-state index in [0.29, 0.717) is 33.0 Å². The Morgan fingerprint density at radius 1 is 1.40 bits per heavy atom. The third-order valence-corrected chi connectivity index (χ3v) is 3.27. The van der Waals surface area contributed by atoms with E-state index in [0.717, 1.165) is 0 Å². The summed E-state index contributed by atoms with van der Waals surface area (Å²) in [5.74, 6) is -0.782. The van der Waals surface area contributed by atoms with Gasteiger partial charge in [0.25, 0.3) is 0 Å². The SMILES string of the molecule is CCOC(=O)CN(CCOC)C(=O)C1COCC1NC. The van der Waals surface area contributed by atoms with E-state index < -0.39 is 5.97 Å². The predicted octanol–water partition coefficient (Wildman–Crippen LogP) is -0.741. The number of ether oxygens (including phenoxy) is 3. The normalized spacial score (nSPS) is 21.8. The molecular weight excluding hydrogens is 264 g/mol. The third kappa shape index (κ3) is 4.73. The summed E-state index contributed by atoms with van der Waals surface area (Å²) in [6.07, 6.45) is 0. The molecule has 7 nitrogen and oxygen atoms in total. The fraction of sp³-hybridized carbons (Fsp3) is 0.846. The molecule has 116 valence electrons. The molecule has 1 amide bonds. The lowest BCUT2D eigenvalue weighted by molar-refractivity contribution is -0.150. The molecule has 0 aliphatic carbocycles. The van der Waals surface area contributed by atoms with Crippen molar-refractivity contribution in [1.29, 1.82) is 0 Å². The van der Waals surface area contributed by atoms with E-state index >= 15 is 0 Å². The molecule has 1 fully saturated rings. The van der Waals surface area contributed by atoms with E-state index in [1.807, 2.05) is 0 Å². The van der Waals surface area contributed by atoms with Gasteiger partial charge in [0.15, 0.2) is 0 Å². The van der Waals surface area contributed by atoms with Gasteiger partial charge in [-0.25, -0.2) is 0 Å². The van der Waals surface area contributed by atoms with Crippen molar-refractivity contribution in [3.05, 3.63) is 0 Å². The number of nitrogens with zero attached hydrogens (tertiary/aromatic N) is 1. The average Bonchev–Trinajstić information content (AvgIpc) is 2.91. The van der Waals surface area contributed by atoms with Crippen LogP contribution >= 0.6 is 0 Å². The van der Waals surface area contributed by atoms with Crippen LogP contribution in [-0.4, -0.2) is 76.5 Å². The topological polar surface area (TPSA) is 77.1 Å². The first-order valence-electron chi connectivity index (χ1n) is 6.82. The minimum Gasteiger partial charge on any atom is -0.465 e. The van der Waals surface area contributed by atoms with Gasteiger partial charge < -0.3 is 24.4 Å². The van der Waals surface area contributed by atoms with Crippen LogP contribution in [0.2, 0.25) is 0 Å². The summed E-state index contributed by atoms with van der Waals surface area (Å²) in [6.45, 7) is 3.60. The van der Waals surface area contributed by atoms with Gasteiger partial charge in [0.05, 0.1) is 32.3 Å². The highest BCUT2D eigenvalue weighted by molar-refractivity contribution is 5.84. The number of esters is 1. The number of nitrogens with one attached hydrogen (secondary N) is 1. The number of likely N-dealkylation sites (N-methyl/N-ethyl adjacent to an activating group) is 1. The molecule has 2 atom stereocenters. The van der Waals surface area contributed by atoms with E-state index in [-0.39, 0.29) is 24.4 Å². The zero-order chi connectivity index (χ0) is 15.0. The lowest BCUT2D eigenvalue weighted by Crippen LogP contribution is -2.47. The number of methoxy groups -OCH3 is 1. The minimum atomic E-state index is -0.406. The molecule has 0 aromatic heterocycles. The molecule has 1 N–H and O–H groups in total. The first-order chi connectivity index (χ1) is 9.63. The lowest BCUT2D eigenvalue weighted by atomic mass is 10.0. The largest absolute Gasteiger partial charge is 0.465 e. The summed E-state index contributed by atoms with van der Waals surface area (Å²) in [4.78, 5) is 25.6. The summed E-state index contributed by atoms with van der Waals surface area (Å²) in [6, 6.07) is -0.0188. The Hall–Kier alpha value is -1.18. The Morgan fingerprint density at radius 3 is 2.75 bits per heavy atom. The van der Waals surface area contributed by atoms with Gasteiger partial charge >= 0.3 is 5.97 Å². The second kappa shape index (κ2) is 8.89. The maximum absolute atomic E-state index is 12.5. The lowest BCUT2D eigenvalue weighted by Gasteiger charge is -2.26.